The molecule has 1 saturated heterocycles. The average molecular weight is 339 g/mol. The molecule has 6 nitrogen and oxygen atoms in total. The van der Waals surface area contributed by atoms with Crippen LogP contribution in [0.25, 0.3) is 0 Å². The summed E-state index contributed by atoms with van der Waals surface area (Å²) in [5, 5.41) is 11.5. The van der Waals surface area contributed by atoms with Crippen molar-refractivity contribution < 1.29 is 9.82 Å². The van der Waals surface area contributed by atoms with Gasteiger partial charge in [-0.1, -0.05) is 23.8 Å². The molecular weight excluding hydrogens is 316 g/mol. The number of benzene rings is 2. The second kappa shape index (κ2) is 7.44. The monoisotopic (exact) mass is 339 g/mol. The summed E-state index contributed by atoms with van der Waals surface area (Å²) < 4.78 is 0. The molecule has 0 radical (unpaired) electrons. The lowest BCUT2D eigenvalue weighted by molar-refractivity contribution is -0.880. The van der Waals surface area contributed by atoms with Crippen LogP contribution < -0.4 is 9.80 Å². The van der Waals surface area contributed by atoms with Crippen molar-refractivity contribution in [1.29, 1.82) is 0 Å². The van der Waals surface area contributed by atoms with E-state index >= 15 is 0 Å². The Bertz CT molecular complexity index is 779. The molecule has 2 aromatic rings. The van der Waals surface area contributed by atoms with Crippen LogP contribution in [-0.2, 0) is 0 Å². The Labute approximate surface area is 147 Å². The lowest BCUT2D eigenvalue weighted by atomic mass is 10.1. The Kier molecular flexibility index (Phi) is 5.09. The van der Waals surface area contributed by atoms with Gasteiger partial charge in [-0.25, -0.2) is 0 Å². The number of nitro benzene ring substituents is 1. The number of nitrogens with one attached hydrogen (secondary N) is 1. The summed E-state index contributed by atoms with van der Waals surface area (Å²) in [5.41, 5.74) is 3.58. The third kappa shape index (κ3) is 4.22. The van der Waals surface area contributed by atoms with Crippen molar-refractivity contribution >= 4 is 23.3 Å². The second-order valence-electron chi connectivity index (χ2n) is 6.54. The summed E-state index contributed by atoms with van der Waals surface area (Å²) >= 11 is 0. The Balaban J connectivity index is 1.83. The molecule has 0 spiro atoms. The lowest BCUT2D eigenvalue weighted by Crippen LogP contribution is -3.12. The highest BCUT2D eigenvalue weighted by Crippen LogP contribution is 2.29. The predicted octanol–water partition coefficient (Wildman–Crippen LogP) is 1.99. The van der Waals surface area contributed by atoms with Crippen LogP contribution in [0.1, 0.15) is 11.1 Å². The van der Waals surface area contributed by atoms with Gasteiger partial charge in [0.1, 0.15) is 5.69 Å². The van der Waals surface area contributed by atoms with Crippen molar-refractivity contribution in [3.05, 3.63) is 63.7 Å². The van der Waals surface area contributed by atoms with Gasteiger partial charge in [0.15, 0.2) is 0 Å². The molecule has 25 heavy (non-hydrogen) atoms. The number of aliphatic imine (C=N–C) groups is 1. The van der Waals surface area contributed by atoms with Crippen LogP contribution in [0.4, 0.5) is 17.1 Å². The molecule has 0 aliphatic carbocycles. The minimum atomic E-state index is -0.302. The summed E-state index contributed by atoms with van der Waals surface area (Å²) in [6.45, 7) is 5.68. The molecule has 1 heterocycles. The molecule has 0 atom stereocenters. The standard InChI is InChI=1S/C19H22N4O2/c1-15-3-6-17(7-4-15)20-14-16-5-8-18(19(13-16)23(24)25)22-11-9-21(2)10-12-22/h3-8,13-14H,9-12H2,1-2H3/p+1. The molecule has 1 fully saturated rings. The van der Waals surface area contributed by atoms with E-state index in [1.165, 1.54) is 10.5 Å². The zero-order valence-corrected chi connectivity index (χ0v) is 14.6. The lowest BCUT2D eigenvalue weighted by Gasteiger charge is -2.31. The smallest absolute Gasteiger partial charge is 0.293 e. The minimum absolute atomic E-state index is 0.146. The van der Waals surface area contributed by atoms with E-state index in [-0.39, 0.29) is 10.6 Å². The fourth-order valence-corrected chi connectivity index (χ4v) is 2.94. The van der Waals surface area contributed by atoms with Crippen LogP contribution in [0, 0.1) is 17.0 Å². The van der Waals surface area contributed by atoms with E-state index < -0.39 is 0 Å². The quantitative estimate of drug-likeness (QED) is 0.526. The molecule has 1 aliphatic heterocycles. The van der Waals surface area contributed by atoms with Crippen molar-refractivity contribution in [3.8, 4) is 0 Å². The number of likely N-dealkylation sites (N-methyl/N-ethyl adjacent to an activating group) is 1. The van der Waals surface area contributed by atoms with Gasteiger partial charge in [0.25, 0.3) is 5.69 Å². The summed E-state index contributed by atoms with van der Waals surface area (Å²) in [6, 6.07) is 13.2. The molecular formula is C19H23N4O2+. The van der Waals surface area contributed by atoms with Gasteiger partial charge in [-0.2, -0.15) is 0 Å². The molecule has 1 aliphatic rings. The average Bonchev–Trinajstić information content (AvgIpc) is 2.62. The van der Waals surface area contributed by atoms with Gasteiger partial charge in [0.2, 0.25) is 0 Å². The Morgan fingerprint density at radius 3 is 2.48 bits per heavy atom. The largest absolute Gasteiger partial charge is 0.355 e. The van der Waals surface area contributed by atoms with Gasteiger partial charge < -0.3 is 9.80 Å². The maximum Gasteiger partial charge on any atom is 0.293 e. The number of hydrogen-bond donors (Lipinski definition) is 1. The Morgan fingerprint density at radius 2 is 1.84 bits per heavy atom. The first-order valence-corrected chi connectivity index (χ1v) is 8.48. The number of rotatable bonds is 4. The van der Waals surface area contributed by atoms with Gasteiger partial charge in [-0.15, -0.1) is 0 Å². The number of aryl methyl sites for hydroxylation is 1. The van der Waals surface area contributed by atoms with Gasteiger partial charge in [-0.05, 0) is 30.7 Å². The number of nitrogens with zero attached hydrogens (tertiary/aromatic N) is 3. The molecule has 0 aromatic heterocycles. The first-order valence-electron chi connectivity index (χ1n) is 8.48. The SMILES string of the molecule is Cc1ccc(N=Cc2ccc(N3CC[NH+](C)CC3)c([N+](=O)[O-])c2)cc1. The maximum absolute atomic E-state index is 11.5. The zero-order valence-electron chi connectivity index (χ0n) is 14.6. The maximum atomic E-state index is 11.5. The van der Waals surface area contributed by atoms with Crippen molar-refractivity contribution in [2.45, 2.75) is 6.92 Å². The Morgan fingerprint density at radius 1 is 1.16 bits per heavy atom. The van der Waals surface area contributed by atoms with E-state index in [1.807, 2.05) is 43.3 Å². The Hall–Kier alpha value is -2.73. The number of nitro groups is 1. The second-order valence-corrected chi connectivity index (χ2v) is 6.54. The summed E-state index contributed by atoms with van der Waals surface area (Å²) in [7, 11) is 2.15. The van der Waals surface area contributed by atoms with Crippen molar-refractivity contribution in [1.82, 2.24) is 0 Å². The summed E-state index contributed by atoms with van der Waals surface area (Å²) in [4.78, 5) is 19.2. The van der Waals surface area contributed by atoms with Gasteiger partial charge in [0, 0.05) is 12.3 Å². The van der Waals surface area contributed by atoms with Crippen LogP contribution in [0.2, 0.25) is 0 Å². The van der Waals surface area contributed by atoms with E-state index in [1.54, 1.807) is 12.3 Å². The molecule has 0 saturated carbocycles. The molecule has 0 amide bonds. The predicted molar refractivity (Wildman–Crippen MR) is 100 cm³/mol. The highest BCUT2D eigenvalue weighted by atomic mass is 16.6. The molecule has 1 N–H and O–H groups in total. The molecule has 0 unspecified atom stereocenters. The van der Waals surface area contributed by atoms with E-state index in [0.717, 1.165) is 37.4 Å². The molecule has 2 aromatic carbocycles. The van der Waals surface area contributed by atoms with Crippen LogP contribution in [0.5, 0.6) is 0 Å². The van der Waals surface area contributed by atoms with Gasteiger partial charge >= 0.3 is 0 Å². The van der Waals surface area contributed by atoms with Gasteiger partial charge in [0.05, 0.1) is 43.8 Å². The van der Waals surface area contributed by atoms with Crippen molar-refractivity contribution in [3.63, 3.8) is 0 Å². The van der Waals surface area contributed by atoms with Crippen LogP contribution in [-0.4, -0.2) is 44.4 Å². The fourth-order valence-electron chi connectivity index (χ4n) is 2.94. The summed E-state index contributed by atoms with van der Waals surface area (Å²) in [5.74, 6) is 0. The summed E-state index contributed by atoms with van der Waals surface area (Å²) in [6.07, 6.45) is 1.68. The van der Waals surface area contributed by atoms with Gasteiger partial charge in [-0.3, -0.25) is 15.1 Å². The first-order chi connectivity index (χ1) is 12.0. The number of hydrogen-bond acceptors (Lipinski definition) is 4. The van der Waals surface area contributed by atoms with Crippen molar-refractivity contribution in [2.75, 3.05) is 38.1 Å². The molecule has 6 heteroatoms. The van der Waals surface area contributed by atoms with Crippen LogP contribution >= 0.6 is 0 Å². The van der Waals surface area contributed by atoms with E-state index in [9.17, 15) is 10.1 Å². The molecule has 130 valence electrons. The molecule has 3 rings (SSSR count). The molecule has 0 bridgehead atoms. The minimum Gasteiger partial charge on any atom is -0.355 e. The van der Waals surface area contributed by atoms with Crippen LogP contribution in [0.3, 0.4) is 0 Å². The van der Waals surface area contributed by atoms with E-state index in [0.29, 0.717) is 5.69 Å². The first kappa shape index (κ1) is 17.1. The highest BCUT2D eigenvalue weighted by Gasteiger charge is 2.24. The third-order valence-corrected chi connectivity index (χ3v) is 4.55. The normalized spacial score (nSPS) is 15.7. The number of anilines is 1. The zero-order chi connectivity index (χ0) is 17.8. The topological polar surface area (TPSA) is 63.2 Å². The number of quaternary nitrogens is 1. The van der Waals surface area contributed by atoms with Crippen LogP contribution in [0.15, 0.2) is 47.5 Å². The number of piperazine rings is 1. The van der Waals surface area contributed by atoms with E-state index in [2.05, 4.69) is 16.9 Å². The fraction of sp³-hybridized carbons (Fsp3) is 0.316. The van der Waals surface area contributed by atoms with Crippen molar-refractivity contribution in [2.24, 2.45) is 4.99 Å². The van der Waals surface area contributed by atoms with E-state index in [4.69, 9.17) is 0 Å². The third-order valence-electron chi connectivity index (χ3n) is 4.55. The highest BCUT2D eigenvalue weighted by molar-refractivity contribution is 5.85.